The zero-order chi connectivity index (χ0) is 17.4. The molecule has 0 amide bonds. The highest BCUT2D eigenvalue weighted by molar-refractivity contribution is 5.83. The van der Waals surface area contributed by atoms with Gasteiger partial charge >= 0.3 is 0 Å². The van der Waals surface area contributed by atoms with E-state index >= 15 is 0 Å². The van der Waals surface area contributed by atoms with Crippen molar-refractivity contribution in [3.8, 4) is 5.88 Å². The normalized spacial score (nSPS) is 11.0. The van der Waals surface area contributed by atoms with E-state index in [0.717, 1.165) is 34.3 Å². The molecule has 2 heterocycles. The predicted molar refractivity (Wildman–Crippen MR) is 105 cm³/mol. The van der Waals surface area contributed by atoms with Gasteiger partial charge in [0.2, 0.25) is 0 Å². The molecular formula is C21H27NO. The van der Waals surface area contributed by atoms with Crippen LogP contribution in [0.2, 0.25) is 0 Å². The van der Waals surface area contributed by atoms with Gasteiger partial charge in [0.15, 0.2) is 5.88 Å². The van der Waals surface area contributed by atoms with Crippen LogP contribution in [0.25, 0.3) is 29.8 Å². The van der Waals surface area contributed by atoms with E-state index < -0.39 is 0 Å². The van der Waals surface area contributed by atoms with Crippen LogP contribution in [-0.4, -0.2) is 9.51 Å². The fourth-order valence-corrected chi connectivity index (χ4v) is 2.50. The lowest BCUT2D eigenvalue weighted by molar-refractivity contribution is 0.445. The van der Waals surface area contributed by atoms with Crippen LogP contribution < -0.4 is 0 Å². The molecule has 23 heavy (non-hydrogen) atoms. The first kappa shape index (κ1) is 18.6. The first-order valence-electron chi connectivity index (χ1n) is 8.13. The van der Waals surface area contributed by atoms with Gasteiger partial charge in [0, 0.05) is 17.2 Å². The van der Waals surface area contributed by atoms with Crippen molar-refractivity contribution in [2.24, 2.45) is 0 Å². The molecule has 0 saturated carbocycles. The van der Waals surface area contributed by atoms with E-state index in [0.29, 0.717) is 0 Å². The molecule has 2 rings (SSSR count). The highest BCUT2D eigenvalue weighted by Gasteiger charge is 2.14. The highest BCUT2D eigenvalue weighted by atomic mass is 16.3. The Labute approximate surface area is 139 Å². The van der Waals surface area contributed by atoms with Gasteiger partial charge in [0.05, 0.1) is 11.2 Å². The molecule has 0 radical (unpaired) electrons. The number of hydrogen-bond acceptors (Lipinski definition) is 1. The minimum atomic E-state index is 0.206. The number of aromatic nitrogens is 1. The van der Waals surface area contributed by atoms with Crippen molar-refractivity contribution in [2.75, 3.05) is 0 Å². The van der Waals surface area contributed by atoms with E-state index in [1.54, 1.807) is 12.1 Å². The third-order valence-electron chi connectivity index (χ3n) is 3.46. The van der Waals surface area contributed by atoms with Crippen molar-refractivity contribution in [2.45, 2.75) is 34.1 Å². The van der Waals surface area contributed by atoms with Crippen LogP contribution in [0.3, 0.4) is 0 Å². The molecule has 0 spiro atoms. The summed E-state index contributed by atoms with van der Waals surface area (Å²) < 4.78 is 1.85. The molecule has 2 aromatic rings. The van der Waals surface area contributed by atoms with Crippen molar-refractivity contribution in [3.63, 3.8) is 0 Å². The molecule has 0 bridgehead atoms. The van der Waals surface area contributed by atoms with Crippen LogP contribution in [-0.2, 0) is 0 Å². The van der Waals surface area contributed by atoms with Crippen LogP contribution in [0.1, 0.15) is 56.5 Å². The van der Waals surface area contributed by atoms with Crippen LogP contribution >= 0.6 is 0 Å². The summed E-state index contributed by atoms with van der Waals surface area (Å²) in [6.45, 7) is 15.8. The topological polar surface area (TPSA) is 24.6 Å². The Kier molecular flexibility index (Phi) is 7.14. The summed E-state index contributed by atoms with van der Waals surface area (Å²) in [4.78, 5) is 0. The number of hydrogen-bond donors (Lipinski definition) is 1. The number of pyridine rings is 1. The summed E-state index contributed by atoms with van der Waals surface area (Å²) in [5.41, 5.74) is 4.86. The third-order valence-corrected chi connectivity index (χ3v) is 3.46. The van der Waals surface area contributed by atoms with Crippen LogP contribution in [0, 0.1) is 0 Å². The van der Waals surface area contributed by atoms with Crippen LogP contribution in [0.15, 0.2) is 37.4 Å². The average Bonchev–Trinajstić information content (AvgIpc) is 2.96. The Hall–Kier alpha value is -2.48. The average molecular weight is 309 g/mol. The molecule has 2 aromatic heterocycles. The molecule has 2 heteroatoms. The summed E-state index contributed by atoms with van der Waals surface area (Å²) in [6, 6.07) is 3.79. The van der Waals surface area contributed by atoms with Crippen molar-refractivity contribution in [1.29, 1.82) is 0 Å². The summed E-state index contributed by atoms with van der Waals surface area (Å²) >= 11 is 0. The Balaban J connectivity index is 0.00000127. The van der Waals surface area contributed by atoms with Crippen molar-refractivity contribution >= 4 is 29.8 Å². The molecule has 0 aliphatic heterocycles. The molecule has 0 fully saturated rings. The van der Waals surface area contributed by atoms with E-state index in [9.17, 15) is 5.11 Å². The SMILES string of the molecule is C=Cc1cc(O)n2c(/C=C\CC)c(C=C)cc2c1/C=C\C.CC. The second-order valence-electron chi connectivity index (χ2n) is 4.80. The maximum atomic E-state index is 10.4. The zero-order valence-corrected chi connectivity index (χ0v) is 14.6. The lowest BCUT2D eigenvalue weighted by atomic mass is 10.1. The molecular weight excluding hydrogens is 282 g/mol. The van der Waals surface area contributed by atoms with E-state index in [-0.39, 0.29) is 5.88 Å². The second-order valence-corrected chi connectivity index (χ2v) is 4.80. The number of rotatable bonds is 5. The van der Waals surface area contributed by atoms with E-state index in [2.05, 4.69) is 26.2 Å². The summed E-state index contributed by atoms with van der Waals surface area (Å²) in [5, 5.41) is 10.4. The first-order chi connectivity index (χ1) is 11.2. The van der Waals surface area contributed by atoms with Gasteiger partial charge in [-0.1, -0.05) is 64.3 Å². The van der Waals surface area contributed by atoms with Gasteiger partial charge in [-0.15, -0.1) is 0 Å². The fraction of sp³-hybridized carbons (Fsp3) is 0.238. The Morgan fingerprint density at radius 1 is 1.09 bits per heavy atom. The standard InChI is InChI=1S/C19H21NO.C2H6/c1-5-9-11-17-15(8-4)12-18-16(10-6-2)14(7-3)13-19(21)20(17)18;1-2/h6-13,21H,3-5H2,1-2H3;1-2H3/b10-6-,11-9-;. The maximum Gasteiger partial charge on any atom is 0.196 e. The highest BCUT2D eigenvalue weighted by Crippen LogP contribution is 2.31. The summed E-state index contributed by atoms with van der Waals surface area (Å²) in [6.07, 6.45) is 12.6. The molecule has 0 aromatic carbocycles. The molecule has 0 aliphatic rings. The van der Waals surface area contributed by atoms with Crippen LogP contribution in [0.4, 0.5) is 0 Å². The molecule has 122 valence electrons. The largest absolute Gasteiger partial charge is 0.494 e. The van der Waals surface area contributed by atoms with Crippen LogP contribution in [0.5, 0.6) is 5.88 Å². The maximum absolute atomic E-state index is 10.4. The van der Waals surface area contributed by atoms with E-state index in [1.165, 1.54) is 0 Å². The van der Waals surface area contributed by atoms with Gasteiger partial charge in [-0.3, -0.25) is 4.40 Å². The predicted octanol–water partition coefficient (Wildman–Crippen LogP) is 6.41. The number of allylic oxidation sites excluding steroid dienone is 2. The van der Waals surface area contributed by atoms with Crippen molar-refractivity contribution < 1.29 is 5.11 Å². The Morgan fingerprint density at radius 2 is 1.74 bits per heavy atom. The van der Waals surface area contributed by atoms with Gasteiger partial charge in [0.1, 0.15) is 0 Å². The second kappa shape index (κ2) is 8.84. The lowest BCUT2D eigenvalue weighted by Gasteiger charge is -2.09. The minimum Gasteiger partial charge on any atom is -0.494 e. The molecule has 0 unspecified atom stereocenters. The first-order valence-corrected chi connectivity index (χ1v) is 8.13. The van der Waals surface area contributed by atoms with Gasteiger partial charge in [0.25, 0.3) is 0 Å². The van der Waals surface area contributed by atoms with Gasteiger partial charge < -0.3 is 5.11 Å². The quantitative estimate of drug-likeness (QED) is 0.677. The smallest absolute Gasteiger partial charge is 0.196 e. The van der Waals surface area contributed by atoms with Gasteiger partial charge in [-0.25, -0.2) is 0 Å². The van der Waals surface area contributed by atoms with E-state index in [1.807, 2.05) is 55.5 Å². The summed E-state index contributed by atoms with van der Waals surface area (Å²) in [5.74, 6) is 0.206. The Bertz CT molecular complexity index is 745. The molecule has 1 N–H and O–H groups in total. The number of nitrogens with zero attached hydrogens (tertiary/aromatic N) is 1. The van der Waals surface area contributed by atoms with Crippen molar-refractivity contribution in [1.82, 2.24) is 4.40 Å². The summed E-state index contributed by atoms with van der Waals surface area (Å²) in [7, 11) is 0. The third kappa shape index (κ3) is 3.65. The van der Waals surface area contributed by atoms with E-state index in [4.69, 9.17) is 0 Å². The molecule has 0 saturated heterocycles. The lowest BCUT2D eigenvalue weighted by Crippen LogP contribution is -1.94. The zero-order valence-electron chi connectivity index (χ0n) is 14.6. The number of fused-ring (bicyclic) bond motifs is 1. The monoisotopic (exact) mass is 309 g/mol. The molecule has 2 nitrogen and oxygen atoms in total. The van der Waals surface area contributed by atoms with Gasteiger partial charge in [-0.2, -0.15) is 0 Å². The minimum absolute atomic E-state index is 0.206. The molecule has 0 atom stereocenters. The number of aromatic hydroxyl groups is 1. The fourth-order valence-electron chi connectivity index (χ4n) is 2.50. The molecule has 0 aliphatic carbocycles. The Morgan fingerprint density at radius 3 is 2.26 bits per heavy atom. The van der Waals surface area contributed by atoms with Crippen molar-refractivity contribution in [3.05, 3.63) is 59.8 Å². The van der Waals surface area contributed by atoms with Gasteiger partial charge in [-0.05, 0) is 31.1 Å².